The molecule has 0 atom stereocenters. The number of carbonyl (C=O) groups is 1. The zero-order chi connectivity index (χ0) is 20.3. The maximum atomic E-state index is 12.1. The molecular weight excluding hydrogens is 386 g/mol. The van der Waals surface area contributed by atoms with Crippen molar-refractivity contribution in [1.82, 2.24) is 9.55 Å². The lowest BCUT2D eigenvalue weighted by atomic mass is 10.2. The van der Waals surface area contributed by atoms with Crippen molar-refractivity contribution in [2.75, 3.05) is 7.11 Å². The second kappa shape index (κ2) is 7.93. The number of carbonyl (C=O) groups excluding carboxylic acids is 1. The van der Waals surface area contributed by atoms with Gasteiger partial charge in [0, 0.05) is 6.21 Å². The predicted molar refractivity (Wildman–Crippen MR) is 104 cm³/mol. The zero-order valence-electron chi connectivity index (χ0n) is 14.5. The van der Waals surface area contributed by atoms with Crippen molar-refractivity contribution in [3.63, 3.8) is 0 Å². The van der Waals surface area contributed by atoms with Gasteiger partial charge in [0.2, 0.25) is 5.88 Å². The van der Waals surface area contributed by atoms with Crippen LogP contribution in [0.3, 0.4) is 0 Å². The zero-order valence-corrected chi connectivity index (χ0v) is 15.3. The molecule has 0 aliphatic heterocycles. The van der Waals surface area contributed by atoms with E-state index in [4.69, 9.17) is 11.6 Å². The second-order valence-electron chi connectivity index (χ2n) is 5.58. The SMILES string of the molecule is COC(=O)c1cc(N=Cc2c(O)n(-c3ccccc3)c(=O)[nH]c2=O)ccc1Cl. The Morgan fingerprint density at radius 1 is 1.21 bits per heavy atom. The third-order valence-electron chi connectivity index (χ3n) is 3.83. The predicted octanol–water partition coefficient (Wildman–Crippen LogP) is 2.42. The highest BCUT2D eigenvalue weighted by molar-refractivity contribution is 6.33. The number of benzene rings is 2. The normalized spacial score (nSPS) is 10.9. The van der Waals surface area contributed by atoms with Crippen molar-refractivity contribution in [1.29, 1.82) is 0 Å². The molecule has 0 radical (unpaired) electrons. The molecule has 9 heteroatoms. The number of aliphatic imine (C=N–C) groups is 1. The number of hydrogen-bond donors (Lipinski definition) is 2. The molecule has 0 fully saturated rings. The Balaban J connectivity index is 2.07. The number of aromatic nitrogens is 2. The fourth-order valence-corrected chi connectivity index (χ4v) is 2.67. The summed E-state index contributed by atoms with van der Waals surface area (Å²) < 4.78 is 5.59. The molecule has 0 unspecified atom stereocenters. The Hall–Kier alpha value is -3.65. The fraction of sp³-hybridized carbons (Fsp3) is 0.0526. The molecule has 1 heterocycles. The third-order valence-corrected chi connectivity index (χ3v) is 4.16. The van der Waals surface area contributed by atoms with Crippen LogP contribution in [0.15, 0.2) is 63.1 Å². The van der Waals surface area contributed by atoms with E-state index < -0.39 is 23.1 Å². The second-order valence-corrected chi connectivity index (χ2v) is 5.99. The Morgan fingerprint density at radius 2 is 1.93 bits per heavy atom. The number of hydrogen-bond acceptors (Lipinski definition) is 6. The Labute approximate surface area is 163 Å². The number of aromatic amines is 1. The number of ether oxygens (including phenoxy) is 1. The number of esters is 1. The van der Waals surface area contributed by atoms with Gasteiger partial charge >= 0.3 is 11.7 Å². The molecule has 2 N–H and O–H groups in total. The lowest BCUT2D eigenvalue weighted by molar-refractivity contribution is 0.0601. The van der Waals surface area contributed by atoms with Crippen LogP contribution in [0.1, 0.15) is 15.9 Å². The number of halogens is 1. The van der Waals surface area contributed by atoms with Crippen molar-refractivity contribution in [3.8, 4) is 11.6 Å². The molecule has 2 aromatic carbocycles. The van der Waals surface area contributed by atoms with E-state index in [1.54, 1.807) is 30.3 Å². The van der Waals surface area contributed by atoms with E-state index in [1.807, 2.05) is 0 Å². The van der Waals surface area contributed by atoms with E-state index in [9.17, 15) is 19.5 Å². The molecule has 0 aliphatic rings. The minimum atomic E-state index is -0.805. The van der Waals surface area contributed by atoms with Gasteiger partial charge in [-0.3, -0.25) is 14.8 Å². The molecule has 0 saturated carbocycles. The van der Waals surface area contributed by atoms with Crippen molar-refractivity contribution in [3.05, 3.63) is 85.5 Å². The van der Waals surface area contributed by atoms with Crippen LogP contribution >= 0.6 is 11.6 Å². The van der Waals surface area contributed by atoms with E-state index in [0.717, 1.165) is 10.8 Å². The van der Waals surface area contributed by atoms with Crippen LogP contribution in [-0.4, -0.2) is 34.0 Å². The smallest absolute Gasteiger partial charge is 0.339 e. The maximum absolute atomic E-state index is 12.1. The van der Waals surface area contributed by atoms with Crippen molar-refractivity contribution in [2.24, 2.45) is 4.99 Å². The summed E-state index contributed by atoms with van der Waals surface area (Å²) in [5, 5.41) is 10.6. The quantitative estimate of drug-likeness (QED) is 0.516. The number of methoxy groups -OCH3 is 1. The molecule has 28 heavy (non-hydrogen) atoms. The minimum Gasteiger partial charge on any atom is -0.493 e. The van der Waals surface area contributed by atoms with Crippen molar-refractivity contribution >= 4 is 29.5 Å². The number of nitrogens with zero attached hydrogens (tertiary/aromatic N) is 2. The van der Waals surface area contributed by atoms with Crippen LogP contribution in [0.25, 0.3) is 5.69 Å². The van der Waals surface area contributed by atoms with Gasteiger partial charge in [-0.05, 0) is 30.3 Å². The average molecular weight is 400 g/mol. The first kappa shape index (κ1) is 19.1. The molecule has 0 spiro atoms. The summed E-state index contributed by atoms with van der Waals surface area (Å²) in [6.45, 7) is 0. The van der Waals surface area contributed by atoms with Gasteiger partial charge in [-0.25, -0.2) is 14.2 Å². The Bertz CT molecular complexity index is 1180. The number of aromatic hydroxyl groups is 1. The van der Waals surface area contributed by atoms with Gasteiger partial charge in [-0.2, -0.15) is 0 Å². The summed E-state index contributed by atoms with van der Waals surface area (Å²) in [5.41, 5.74) is -1.05. The number of para-hydroxylation sites is 1. The van der Waals surface area contributed by atoms with E-state index in [0.29, 0.717) is 11.4 Å². The number of nitrogens with one attached hydrogen (secondary N) is 1. The Morgan fingerprint density at radius 3 is 2.61 bits per heavy atom. The summed E-state index contributed by atoms with van der Waals surface area (Å²) in [5.74, 6) is -1.20. The molecule has 142 valence electrons. The van der Waals surface area contributed by atoms with Crippen LogP contribution in [0.5, 0.6) is 5.88 Å². The van der Waals surface area contributed by atoms with Gasteiger partial charge in [0.1, 0.15) is 5.56 Å². The number of rotatable bonds is 4. The first-order valence-corrected chi connectivity index (χ1v) is 8.36. The van der Waals surface area contributed by atoms with Gasteiger partial charge in [0.25, 0.3) is 5.56 Å². The van der Waals surface area contributed by atoms with Crippen molar-refractivity contribution in [2.45, 2.75) is 0 Å². The first-order chi connectivity index (χ1) is 13.4. The molecule has 3 aromatic rings. The molecule has 0 saturated heterocycles. The summed E-state index contributed by atoms with van der Waals surface area (Å²) in [6, 6.07) is 12.7. The molecule has 3 rings (SSSR count). The molecule has 0 amide bonds. The Kier molecular flexibility index (Phi) is 5.42. The minimum absolute atomic E-state index is 0.103. The summed E-state index contributed by atoms with van der Waals surface area (Å²) >= 11 is 5.96. The maximum Gasteiger partial charge on any atom is 0.339 e. The highest BCUT2D eigenvalue weighted by atomic mass is 35.5. The lowest BCUT2D eigenvalue weighted by Gasteiger charge is -2.09. The van der Waals surface area contributed by atoms with Gasteiger partial charge in [0.15, 0.2) is 0 Å². The topological polar surface area (TPSA) is 114 Å². The van der Waals surface area contributed by atoms with E-state index in [1.165, 1.54) is 25.3 Å². The van der Waals surface area contributed by atoms with E-state index >= 15 is 0 Å². The average Bonchev–Trinajstić information content (AvgIpc) is 2.69. The summed E-state index contributed by atoms with van der Waals surface area (Å²) in [7, 11) is 1.22. The van der Waals surface area contributed by atoms with Crippen LogP contribution in [0, 0.1) is 0 Å². The van der Waals surface area contributed by atoms with Gasteiger partial charge in [-0.15, -0.1) is 0 Å². The van der Waals surface area contributed by atoms with Crippen LogP contribution in [0.2, 0.25) is 5.02 Å². The molecule has 8 nitrogen and oxygen atoms in total. The lowest BCUT2D eigenvalue weighted by Crippen LogP contribution is -2.31. The molecule has 0 aliphatic carbocycles. The van der Waals surface area contributed by atoms with E-state index in [2.05, 4.69) is 14.7 Å². The monoisotopic (exact) mass is 399 g/mol. The van der Waals surface area contributed by atoms with Crippen LogP contribution < -0.4 is 11.2 Å². The van der Waals surface area contributed by atoms with E-state index in [-0.39, 0.29) is 16.1 Å². The highest BCUT2D eigenvalue weighted by Gasteiger charge is 2.15. The fourth-order valence-electron chi connectivity index (χ4n) is 2.47. The first-order valence-electron chi connectivity index (χ1n) is 7.98. The summed E-state index contributed by atoms with van der Waals surface area (Å²) in [6.07, 6.45) is 1.09. The van der Waals surface area contributed by atoms with Gasteiger partial charge in [-0.1, -0.05) is 29.8 Å². The number of H-pyrrole nitrogens is 1. The molecule has 1 aromatic heterocycles. The van der Waals surface area contributed by atoms with Crippen LogP contribution in [0.4, 0.5) is 5.69 Å². The van der Waals surface area contributed by atoms with Crippen molar-refractivity contribution < 1.29 is 14.6 Å². The van der Waals surface area contributed by atoms with Gasteiger partial charge in [0.05, 0.1) is 29.1 Å². The highest BCUT2D eigenvalue weighted by Crippen LogP contribution is 2.23. The molecule has 0 bridgehead atoms. The third kappa shape index (κ3) is 3.72. The standard InChI is InChI=1S/C19H14ClN3O5/c1-28-18(26)13-9-11(7-8-15(13)20)21-10-14-16(24)22-19(27)23(17(14)25)12-5-3-2-4-6-12/h2-10,25H,1H3,(H,22,24,27). The molecular formula is C19H14ClN3O5. The summed E-state index contributed by atoms with van der Waals surface area (Å²) in [4.78, 5) is 42.2. The van der Waals surface area contributed by atoms with Gasteiger partial charge < -0.3 is 9.84 Å². The van der Waals surface area contributed by atoms with Crippen LogP contribution in [-0.2, 0) is 4.74 Å². The largest absolute Gasteiger partial charge is 0.493 e.